The van der Waals surface area contributed by atoms with Crippen molar-refractivity contribution in [1.29, 1.82) is 10.5 Å². The fourth-order valence-electron chi connectivity index (χ4n) is 19.1. The molecule has 6 aliphatic carbocycles. The first-order chi connectivity index (χ1) is 79.6. The molecule has 1 N–H and O–H groups in total. The Bertz CT molecular complexity index is 6360. The minimum absolute atomic E-state index is 0.0416. The van der Waals surface area contributed by atoms with Crippen LogP contribution >= 0.6 is 0 Å². The maximum absolute atomic E-state index is 15.2. The molecule has 6 aliphatic rings. The molecule has 0 saturated heterocycles. The van der Waals surface area contributed by atoms with Crippen molar-refractivity contribution in [1.82, 2.24) is 50.0 Å². The zero-order chi connectivity index (χ0) is 129. The third kappa shape index (κ3) is 11.9. The van der Waals surface area contributed by atoms with E-state index in [9.17, 15) is 33.6 Å². The van der Waals surface area contributed by atoms with Crippen LogP contribution < -0.4 is 0 Å². The minimum Gasteiger partial charge on any atom is -0.511 e. The van der Waals surface area contributed by atoms with Crippen LogP contribution in [0.15, 0.2) is 198 Å². The van der Waals surface area contributed by atoms with Crippen molar-refractivity contribution in [2.45, 2.75) is 115 Å². The van der Waals surface area contributed by atoms with Crippen LogP contribution in [0.5, 0.6) is 0 Å². The summed E-state index contributed by atoms with van der Waals surface area (Å²) in [7, 11) is 0. The first-order valence-electron chi connectivity index (χ1n) is 63.1. The molecule has 111 heavy (non-hydrogen) atoms. The Balaban J connectivity index is -0.000000224. The number of Topliss-reactive ketones (excluding diaryl/α,β-unsaturated/α-hetero) is 1. The van der Waals surface area contributed by atoms with E-state index in [1.54, 1.807) is 30.9 Å². The third-order valence-electron chi connectivity index (χ3n) is 24.5. The number of carbonyl (C=O) groups is 1. The van der Waals surface area contributed by atoms with Gasteiger partial charge in [0.1, 0.15) is 52.5 Å². The van der Waals surface area contributed by atoms with E-state index in [2.05, 4.69) is 53.0 Å². The van der Waals surface area contributed by atoms with Gasteiger partial charge in [0.05, 0.1) is 74.1 Å². The van der Waals surface area contributed by atoms with E-state index in [1.165, 1.54) is 36.4 Å². The van der Waals surface area contributed by atoms with E-state index in [4.69, 9.17) is 112 Å². The molecule has 0 spiro atoms. The molecule has 0 aliphatic heterocycles. The van der Waals surface area contributed by atoms with Gasteiger partial charge in [0, 0.05) is 220 Å². The lowest BCUT2D eigenvalue weighted by molar-refractivity contribution is -0.121. The van der Waals surface area contributed by atoms with Crippen molar-refractivity contribution in [3.8, 4) is 80.1 Å². The highest BCUT2D eigenvalue weighted by Gasteiger charge is 2.54. The number of carbonyl (C=O) groups excluding carboxylic acids is 1. The number of hydrogen-bond acceptors (Lipinski definition) is 15. The van der Waals surface area contributed by atoms with Gasteiger partial charge in [0.15, 0.2) is 23.3 Å². The van der Waals surface area contributed by atoms with Crippen LogP contribution in [0.1, 0.15) is 195 Å². The zero-order valence-corrected chi connectivity index (χ0v) is 61.3. The van der Waals surface area contributed by atoms with E-state index in [0.29, 0.717) is 77.9 Å². The zero-order valence-electron chi connectivity index (χ0n) is 113. The molecule has 0 bridgehead atoms. The highest BCUT2D eigenvalue weighted by Crippen LogP contribution is 2.58. The maximum atomic E-state index is 15.2. The molecule has 0 unspecified atom stereocenters. The van der Waals surface area contributed by atoms with Crippen LogP contribution in [0.2, 0.25) is 0 Å². The fourth-order valence-corrected chi connectivity index (χ4v) is 19.1. The Morgan fingerprint density at radius 1 is 0.486 bits per heavy atom. The molecule has 21 heteroatoms. The quantitative estimate of drug-likeness (QED) is 0.153. The Morgan fingerprint density at radius 2 is 0.892 bits per heavy atom. The number of fused-ring (bicyclic) bond motifs is 13. The van der Waals surface area contributed by atoms with Crippen LogP contribution in [-0.4, -0.2) is 60.9 Å². The average Bonchev–Trinajstić information content (AvgIpc) is 1.02. The number of allylic oxidation sites excluding steroid dienone is 4. The molecule has 19 rings (SSSR count). The third-order valence-corrected chi connectivity index (χ3v) is 24.5. The first kappa shape index (κ1) is 47.4. The molecule has 15 nitrogen and oxygen atoms in total. The van der Waals surface area contributed by atoms with Gasteiger partial charge >= 0.3 is 0 Å². The summed E-state index contributed by atoms with van der Waals surface area (Å²) >= 11 is 0. The van der Waals surface area contributed by atoms with Gasteiger partial charge in [-0.3, -0.25) is 19.7 Å². The number of rotatable bonds is 6. The maximum Gasteiger partial charge on any atom is 0.176 e. The monoisotopic (exact) mass is 1640 g/mol. The van der Waals surface area contributed by atoms with Crippen molar-refractivity contribution >= 4 is 38.5 Å². The summed E-state index contributed by atoms with van der Waals surface area (Å²) in [6.07, 6.45) is 13.8. The molecular formula is C90H122F6N12O3. The number of benzene rings is 6. The van der Waals surface area contributed by atoms with Crippen molar-refractivity contribution in [3.05, 3.63) is 273 Å². The molecule has 602 valence electrons. The second-order valence-electron chi connectivity index (χ2n) is 30.7. The van der Waals surface area contributed by atoms with Crippen LogP contribution in [0, 0.1) is 87.2 Å². The number of aromatic nitrogens is 10. The lowest BCUT2D eigenvalue weighted by Gasteiger charge is -2.48. The second kappa shape index (κ2) is 27.6. The number of pyridine rings is 3. The molecule has 13 aromatic rings. The smallest absolute Gasteiger partial charge is 0.176 e. The number of ketones is 1. The van der Waals surface area contributed by atoms with Gasteiger partial charge in [-0.15, -0.1) is 0 Å². The Hall–Kier alpha value is -12.5. The van der Waals surface area contributed by atoms with Crippen LogP contribution in [0.3, 0.4) is 0 Å². The van der Waals surface area contributed by atoms with Crippen molar-refractivity contribution in [2.75, 3.05) is 0 Å². The van der Waals surface area contributed by atoms with Crippen LogP contribution in [-0.2, 0) is 46.7 Å². The summed E-state index contributed by atoms with van der Waals surface area (Å²) in [5.74, 6) is -1.86. The molecule has 0 amide bonds. The first-order valence-corrected chi connectivity index (χ1v) is 37.1. The molecule has 6 aromatic carbocycles. The second-order valence-corrected chi connectivity index (χ2v) is 30.7. The number of hydrogen-bond donors (Lipinski definition) is 1. The Kier molecular flexibility index (Phi) is 11.8. The molecule has 0 saturated carbocycles. The summed E-state index contributed by atoms with van der Waals surface area (Å²) in [6, 6.07) is 43.6. The van der Waals surface area contributed by atoms with Gasteiger partial charge in [-0.1, -0.05) is 107 Å². The van der Waals surface area contributed by atoms with E-state index in [-0.39, 0.29) is 74.7 Å². The standard InChI is InChI=1S/2C30H24F2N4O.C30H22F2N4O.26H2/c1-16-23-10-9-22-26(21-8-7-18(31)13-24(21)32)35-29(20-11-12-33-25-6-4-3-5-19(20)25)36-28(22)30(23,2)14-17-15-34-37-27(16)17;2*1-16-23-10-9-22-26(21-8-7-18(31)13-24(21)32)35-29(20-11-12-34-25-6-4-3-5-19(20)25)36-28(22)30(23,2)14-17(15-33)27(16)37;;;;;;;;;;;;;;;;;;;;;;;;;;/h3-8,11-13,15-16,23H,9-10,14H2,1-2H3;3-8,11-13,16,23,37H,9-10,14H2,1-2H3;3-8,11-14,16,23H,9-10H2,1-2H3;26*1H/t3*16-,23-,30-;;;;;;;;;;;;;;;;;;;;;;;;;;/m111........................../s1/i;;;26*1+2T. The number of aliphatic hydroxyl groups is 1. The van der Waals surface area contributed by atoms with E-state index >= 15 is 13.2 Å². The fraction of sp³-hybridized carbons (Fsp3) is 0.256. The summed E-state index contributed by atoms with van der Waals surface area (Å²) in [6.45, 7) is 12.3. The molecule has 9 atom stereocenters. The Labute approximate surface area is 714 Å². The van der Waals surface area contributed by atoms with Gasteiger partial charge in [0.2, 0.25) is 0 Å². The van der Waals surface area contributed by atoms with E-state index in [0.717, 1.165) is 126 Å². The van der Waals surface area contributed by atoms with Crippen molar-refractivity contribution < 1.29 is 118 Å². The minimum atomic E-state index is -0.738. The van der Waals surface area contributed by atoms with Gasteiger partial charge in [0.25, 0.3) is 0 Å². The van der Waals surface area contributed by atoms with Gasteiger partial charge < -0.3 is 9.63 Å². The number of aliphatic hydroxyl groups excluding tert-OH is 1. The lowest BCUT2D eigenvalue weighted by atomic mass is 9.56. The summed E-state index contributed by atoms with van der Waals surface area (Å²) in [5, 5.41) is 36.9. The number of halogens is 6. The predicted octanol–water partition coefficient (Wildman–Crippen LogP) is 26.2. The highest BCUT2D eigenvalue weighted by atomic mass is 19.2. The number of nitriles is 2. The van der Waals surface area contributed by atoms with Crippen molar-refractivity contribution in [3.63, 3.8) is 0 Å². The van der Waals surface area contributed by atoms with Gasteiger partial charge in [-0.2, -0.15) is 10.5 Å². The summed E-state index contributed by atoms with van der Waals surface area (Å²) < 4.78 is 353. The normalized spacial score (nSPS) is 24.5. The molecule has 0 radical (unpaired) electrons. The highest BCUT2D eigenvalue weighted by molar-refractivity contribution is 6.02. The molecular weight excluding hydrogens is 1410 g/mol. The van der Waals surface area contributed by atoms with Gasteiger partial charge in [-0.25, -0.2) is 56.2 Å². The number of nitrogens with zero attached hydrogens (tertiary/aromatic N) is 12. The molecule has 7 heterocycles. The average molecular weight is 1640 g/mol. The lowest BCUT2D eigenvalue weighted by Crippen LogP contribution is -2.46. The van der Waals surface area contributed by atoms with E-state index in [1.807, 2.05) is 112 Å². The summed E-state index contributed by atoms with van der Waals surface area (Å²) in [5.41, 5.74) is 11.5. The SMILES string of the molecule is C[C@H]1C(=O)C(C#N)=C[C@@]2(C)c3nc(-c4ccnc5ccccc45)nc(-c4ccc(F)cc4F)c3CC[C@H]12.C[C@H]1C(O)=C(C#N)C[C@@]2(C)c3nc(-c4ccnc5ccccc45)nc(-c4ccc(F)cc4F)c3CC[C@H]12.C[C@H]1c2oncc2C[C@@]2(C)c3nc(-c4ccnc5ccccc45)nc(-c4ccc(F)cc4F)c3CC[C@H]12.[3H][3H].[3H][3H].[3H][3H].[3H][3H].[3H][3H].[3H][3H].[3H][3H].[3H][3H].[3H][3H].[3H][3H].[3H][3H].[3H][3H].[3H][3H].[3H][3H].[3H][3H].[3H][3H].[3H][3H].[3H][3H].[3H][3H].[3H][3H].[3H][3H].[3H][3H].[3H][3H].[3H][3H].[3H][3H].[3H][3H]. The predicted molar refractivity (Wildman–Crippen MR) is 462 cm³/mol. The van der Waals surface area contributed by atoms with E-state index < -0.39 is 45.7 Å². The number of para-hydroxylation sites is 3. The molecule has 0 fully saturated rings. The largest absolute Gasteiger partial charge is 0.511 e. The topological polar surface area (TPSA) is 227 Å². The summed E-state index contributed by atoms with van der Waals surface area (Å²) in [4.78, 5) is 56.3. The van der Waals surface area contributed by atoms with Crippen LogP contribution in [0.4, 0.5) is 26.3 Å². The van der Waals surface area contributed by atoms with Crippen molar-refractivity contribution in [2.24, 2.45) is 29.6 Å². The Morgan fingerprint density at radius 3 is 1.32 bits per heavy atom. The van der Waals surface area contributed by atoms with Crippen LogP contribution in [0.25, 0.3) is 101 Å². The van der Waals surface area contributed by atoms with Gasteiger partial charge in [-0.05, 0) is 142 Å². The molecule has 7 aromatic heterocycles.